The van der Waals surface area contributed by atoms with E-state index in [4.69, 9.17) is 4.42 Å². The highest BCUT2D eigenvalue weighted by atomic mass is 16.3. The fraction of sp³-hybridized carbons (Fsp3) is 0. The van der Waals surface area contributed by atoms with E-state index in [1.54, 1.807) is 0 Å². The molecule has 3 heteroatoms. The third kappa shape index (κ3) is 4.20. The highest BCUT2D eigenvalue weighted by Gasteiger charge is 2.16. The molecule has 0 aliphatic rings. The summed E-state index contributed by atoms with van der Waals surface area (Å²) in [6.07, 6.45) is 1.81. The van der Waals surface area contributed by atoms with Crippen LogP contribution in [0.4, 0.5) is 17.1 Å². The van der Waals surface area contributed by atoms with Gasteiger partial charge in [-0.1, -0.05) is 97.1 Å². The molecule has 2 aromatic heterocycles. The zero-order valence-electron chi connectivity index (χ0n) is 22.8. The van der Waals surface area contributed by atoms with Gasteiger partial charge in [0.2, 0.25) is 0 Å². The molecule has 0 saturated carbocycles. The minimum absolute atomic E-state index is 0.794. The van der Waals surface area contributed by atoms with Gasteiger partial charge in [0.15, 0.2) is 5.58 Å². The molecule has 0 atom stereocenters. The molecule has 0 saturated heterocycles. The zero-order valence-corrected chi connectivity index (χ0v) is 22.8. The number of fused-ring (bicyclic) bond motifs is 4. The normalized spacial score (nSPS) is 11.3. The van der Waals surface area contributed by atoms with Crippen LogP contribution >= 0.6 is 0 Å². The third-order valence-electron chi connectivity index (χ3n) is 7.93. The number of hydrogen-bond donors (Lipinski definition) is 0. The second-order valence-electron chi connectivity index (χ2n) is 10.5. The van der Waals surface area contributed by atoms with Gasteiger partial charge in [-0.05, 0) is 81.6 Å². The van der Waals surface area contributed by atoms with Crippen molar-refractivity contribution in [3.8, 4) is 22.3 Å². The van der Waals surface area contributed by atoms with Crippen molar-refractivity contribution in [3.05, 3.63) is 158 Å². The molecule has 8 rings (SSSR count). The summed E-state index contributed by atoms with van der Waals surface area (Å²) in [4.78, 5) is 6.83. The van der Waals surface area contributed by atoms with E-state index in [9.17, 15) is 0 Å². The van der Waals surface area contributed by atoms with Crippen molar-refractivity contribution in [2.45, 2.75) is 0 Å². The van der Waals surface area contributed by atoms with Crippen LogP contribution in [0, 0.1) is 0 Å². The SMILES string of the molecule is c1ccc(-c2ccc(N(c3ccc(-c4cccc5ccccc45)cc3)c3ccc4c(c3)oc3cccnc34)cc2)cc1. The van der Waals surface area contributed by atoms with Crippen LogP contribution in [0.25, 0.3) is 55.1 Å². The quantitative estimate of drug-likeness (QED) is 0.218. The summed E-state index contributed by atoms with van der Waals surface area (Å²) in [6, 6.07) is 53.3. The van der Waals surface area contributed by atoms with Crippen LogP contribution in [0.2, 0.25) is 0 Å². The molecule has 6 aromatic carbocycles. The minimum atomic E-state index is 0.794. The third-order valence-corrected chi connectivity index (χ3v) is 7.93. The second kappa shape index (κ2) is 10.1. The van der Waals surface area contributed by atoms with Gasteiger partial charge >= 0.3 is 0 Å². The lowest BCUT2D eigenvalue weighted by molar-refractivity contribution is 0.668. The van der Waals surface area contributed by atoms with Crippen LogP contribution in [0.3, 0.4) is 0 Å². The average Bonchev–Trinajstić information content (AvgIpc) is 3.44. The number of pyridine rings is 1. The number of hydrogen-bond acceptors (Lipinski definition) is 3. The molecule has 0 amide bonds. The van der Waals surface area contributed by atoms with E-state index in [0.29, 0.717) is 0 Å². The first kappa shape index (κ1) is 24.2. The number of furan rings is 1. The fourth-order valence-corrected chi connectivity index (χ4v) is 5.87. The van der Waals surface area contributed by atoms with Crippen molar-refractivity contribution in [3.63, 3.8) is 0 Å². The Kier molecular flexibility index (Phi) is 5.79. The monoisotopic (exact) mass is 538 g/mol. The Morgan fingerprint density at radius 1 is 0.452 bits per heavy atom. The van der Waals surface area contributed by atoms with Crippen LogP contribution in [0.1, 0.15) is 0 Å². The Bertz CT molecular complexity index is 2170. The molecule has 0 N–H and O–H groups in total. The van der Waals surface area contributed by atoms with E-state index in [1.807, 2.05) is 24.4 Å². The van der Waals surface area contributed by atoms with Crippen molar-refractivity contribution < 1.29 is 4.42 Å². The number of rotatable bonds is 5. The van der Waals surface area contributed by atoms with E-state index in [2.05, 4.69) is 143 Å². The van der Waals surface area contributed by atoms with Gasteiger partial charge in [0.1, 0.15) is 11.1 Å². The summed E-state index contributed by atoms with van der Waals surface area (Å²) in [5.74, 6) is 0. The predicted molar refractivity (Wildman–Crippen MR) is 175 cm³/mol. The van der Waals surface area contributed by atoms with E-state index in [0.717, 1.165) is 39.1 Å². The van der Waals surface area contributed by atoms with E-state index < -0.39 is 0 Å². The lowest BCUT2D eigenvalue weighted by Gasteiger charge is -2.26. The summed E-state index contributed by atoms with van der Waals surface area (Å²) >= 11 is 0. The Morgan fingerprint density at radius 2 is 1.12 bits per heavy atom. The van der Waals surface area contributed by atoms with Gasteiger partial charge in [-0.3, -0.25) is 4.98 Å². The summed E-state index contributed by atoms with van der Waals surface area (Å²) < 4.78 is 6.22. The summed E-state index contributed by atoms with van der Waals surface area (Å²) in [6.45, 7) is 0. The van der Waals surface area contributed by atoms with Crippen LogP contribution in [-0.4, -0.2) is 4.98 Å². The maximum atomic E-state index is 6.22. The summed E-state index contributed by atoms with van der Waals surface area (Å²) in [5, 5.41) is 3.51. The lowest BCUT2D eigenvalue weighted by Crippen LogP contribution is -2.09. The van der Waals surface area contributed by atoms with Gasteiger partial charge in [-0.2, -0.15) is 0 Å². The molecule has 0 radical (unpaired) electrons. The van der Waals surface area contributed by atoms with E-state index in [1.165, 1.54) is 33.0 Å². The molecule has 0 aliphatic carbocycles. The molecule has 0 unspecified atom stereocenters. The number of nitrogens with zero attached hydrogens (tertiary/aromatic N) is 2. The topological polar surface area (TPSA) is 29.3 Å². The van der Waals surface area contributed by atoms with Crippen molar-refractivity contribution >= 4 is 49.9 Å². The molecular weight excluding hydrogens is 512 g/mol. The van der Waals surface area contributed by atoms with Crippen LogP contribution in [0.5, 0.6) is 0 Å². The zero-order chi connectivity index (χ0) is 27.9. The van der Waals surface area contributed by atoms with Gasteiger partial charge in [-0.15, -0.1) is 0 Å². The maximum absolute atomic E-state index is 6.22. The maximum Gasteiger partial charge on any atom is 0.153 e. The highest BCUT2D eigenvalue weighted by Crippen LogP contribution is 2.40. The largest absolute Gasteiger partial charge is 0.454 e. The molecule has 0 bridgehead atoms. The van der Waals surface area contributed by atoms with Crippen molar-refractivity contribution in [1.82, 2.24) is 4.98 Å². The minimum Gasteiger partial charge on any atom is -0.454 e. The molecule has 0 aliphatic heterocycles. The first-order valence-corrected chi connectivity index (χ1v) is 14.1. The molecular formula is C39H26N2O. The van der Waals surface area contributed by atoms with Crippen molar-refractivity contribution in [1.29, 1.82) is 0 Å². The standard InChI is InChI=1S/C39H26N2O/c1-2-8-27(9-3-1)28-15-19-31(20-16-28)41(33-23-24-36-38(26-33)42-37-14-7-25-40-39(36)37)32-21-17-30(18-22-32)35-13-6-11-29-10-4-5-12-34(29)35/h1-26H. The number of anilines is 3. The molecule has 8 aromatic rings. The molecule has 0 spiro atoms. The highest BCUT2D eigenvalue weighted by molar-refractivity contribution is 6.04. The summed E-state index contributed by atoms with van der Waals surface area (Å²) in [5.41, 5.74) is 10.5. The molecule has 0 fully saturated rings. The molecule has 198 valence electrons. The average molecular weight is 539 g/mol. The smallest absolute Gasteiger partial charge is 0.153 e. The number of benzene rings is 6. The van der Waals surface area contributed by atoms with Crippen LogP contribution in [-0.2, 0) is 0 Å². The second-order valence-corrected chi connectivity index (χ2v) is 10.5. The Hall–Kier alpha value is -5.67. The lowest BCUT2D eigenvalue weighted by atomic mass is 9.98. The van der Waals surface area contributed by atoms with Gasteiger partial charge in [-0.25, -0.2) is 0 Å². The van der Waals surface area contributed by atoms with Crippen LogP contribution < -0.4 is 4.90 Å². The Labute approximate surface area is 243 Å². The first-order valence-electron chi connectivity index (χ1n) is 14.1. The van der Waals surface area contributed by atoms with Gasteiger partial charge in [0.25, 0.3) is 0 Å². The summed E-state index contributed by atoms with van der Waals surface area (Å²) in [7, 11) is 0. The van der Waals surface area contributed by atoms with Crippen molar-refractivity contribution in [2.24, 2.45) is 0 Å². The van der Waals surface area contributed by atoms with Gasteiger partial charge in [0.05, 0.1) is 0 Å². The molecule has 42 heavy (non-hydrogen) atoms. The Balaban J connectivity index is 1.24. The van der Waals surface area contributed by atoms with Crippen LogP contribution in [0.15, 0.2) is 162 Å². The number of aromatic nitrogens is 1. The molecule has 2 heterocycles. The predicted octanol–water partition coefficient (Wildman–Crippen LogP) is 10.9. The van der Waals surface area contributed by atoms with Crippen molar-refractivity contribution in [2.75, 3.05) is 4.90 Å². The fourth-order valence-electron chi connectivity index (χ4n) is 5.87. The Morgan fingerprint density at radius 3 is 1.93 bits per heavy atom. The van der Waals surface area contributed by atoms with Gasteiger partial charge < -0.3 is 9.32 Å². The van der Waals surface area contributed by atoms with E-state index in [-0.39, 0.29) is 0 Å². The first-order chi connectivity index (χ1) is 20.8. The van der Waals surface area contributed by atoms with E-state index >= 15 is 0 Å². The van der Waals surface area contributed by atoms with Gasteiger partial charge in [0, 0.05) is 34.7 Å². The molecule has 3 nitrogen and oxygen atoms in total.